The molecule has 20 heavy (non-hydrogen) atoms. The van der Waals surface area contributed by atoms with Crippen molar-refractivity contribution in [3.8, 4) is 0 Å². The fourth-order valence-corrected chi connectivity index (χ4v) is 3.04. The third-order valence-corrected chi connectivity index (χ3v) is 4.14. The number of hydrogen-bond donors (Lipinski definition) is 1. The number of carbonyl (C=O) groups excluding carboxylic acids is 2. The van der Waals surface area contributed by atoms with Crippen LogP contribution in [-0.2, 0) is 4.79 Å². The van der Waals surface area contributed by atoms with E-state index in [1.807, 2.05) is 30.7 Å². The molecule has 0 aliphatic carbocycles. The number of amides is 2. The minimum atomic E-state index is -0.317. The maximum absolute atomic E-state index is 12.6. The summed E-state index contributed by atoms with van der Waals surface area (Å²) in [5.41, 5.74) is 6.01. The summed E-state index contributed by atoms with van der Waals surface area (Å²) >= 11 is 3.41. The molecular formula is C14H20BrN3O2. The quantitative estimate of drug-likeness (QED) is 0.915. The van der Waals surface area contributed by atoms with Crippen LogP contribution in [0.3, 0.4) is 0 Å². The summed E-state index contributed by atoms with van der Waals surface area (Å²) in [6, 6.07) is 2.04. The van der Waals surface area contributed by atoms with Crippen molar-refractivity contribution < 1.29 is 9.59 Å². The van der Waals surface area contributed by atoms with Crippen molar-refractivity contribution in [2.24, 2.45) is 11.7 Å². The van der Waals surface area contributed by atoms with Gasteiger partial charge in [0.15, 0.2) is 0 Å². The lowest BCUT2D eigenvalue weighted by Crippen LogP contribution is -2.44. The topological polar surface area (TPSA) is 68.3 Å². The second kappa shape index (κ2) is 5.99. The number of halogens is 1. The number of aromatic nitrogens is 1. The van der Waals surface area contributed by atoms with Gasteiger partial charge >= 0.3 is 0 Å². The van der Waals surface area contributed by atoms with Crippen LogP contribution in [0.4, 0.5) is 0 Å². The van der Waals surface area contributed by atoms with Gasteiger partial charge in [-0.3, -0.25) is 9.59 Å². The SMILES string of the molecule is CC(C)n1cc(Br)cc1C(=O)N1CCCC(C(N)=O)C1. The number of hydrogen-bond acceptors (Lipinski definition) is 2. The van der Waals surface area contributed by atoms with Gasteiger partial charge in [-0.2, -0.15) is 0 Å². The molecule has 2 heterocycles. The number of piperidine rings is 1. The van der Waals surface area contributed by atoms with Crippen molar-refractivity contribution >= 4 is 27.7 Å². The lowest BCUT2D eigenvalue weighted by atomic mass is 9.97. The number of likely N-dealkylation sites (tertiary alicyclic amines) is 1. The number of nitrogens with two attached hydrogens (primary N) is 1. The predicted molar refractivity (Wildman–Crippen MR) is 80.3 cm³/mol. The Hall–Kier alpha value is -1.30. The first-order chi connectivity index (χ1) is 9.40. The van der Waals surface area contributed by atoms with Crippen LogP contribution in [0.2, 0.25) is 0 Å². The first-order valence-corrected chi connectivity index (χ1v) is 7.65. The van der Waals surface area contributed by atoms with E-state index < -0.39 is 0 Å². The fourth-order valence-electron chi connectivity index (χ4n) is 2.60. The fraction of sp³-hybridized carbons (Fsp3) is 0.571. The molecule has 1 atom stereocenters. The molecule has 1 aromatic rings. The highest BCUT2D eigenvalue weighted by Gasteiger charge is 2.29. The summed E-state index contributed by atoms with van der Waals surface area (Å²) in [5.74, 6) is -0.572. The van der Waals surface area contributed by atoms with Gasteiger partial charge in [0, 0.05) is 29.8 Å². The van der Waals surface area contributed by atoms with Crippen molar-refractivity contribution in [3.63, 3.8) is 0 Å². The zero-order valence-corrected chi connectivity index (χ0v) is 13.4. The third-order valence-electron chi connectivity index (χ3n) is 3.70. The minimum Gasteiger partial charge on any atom is -0.369 e. The van der Waals surface area contributed by atoms with Crippen LogP contribution in [0.1, 0.15) is 43.2 Å². The molecule has 1 unspecified atom stereocenters. The van der Waals surface area contributed by atoms with Crippen LogP contribution in [0, 0.1) is 5.92 Å². The highest BCUT2D eigenvalue weighted by molar-refractivity contribution is 9.10. The van der Waals surface area contributed by atoms with E-state index in [1.165, 1.54) is 0 Å². The van der Waals surface area contributed by atoms with Gasteiger partial charge in [-0.1, -0.05) is 0 Å². The Balaban J connectivity index is 2.21. The normalized spacial score (nSPS) is 19.4. The van der Waals surface area contributed by atoms with Gasteiger partial charge in [-0.15, -0.1) is 0 Å². The first kappa shape index (κ1) is 15.1. The molecule has 1 aromatic heterocycles. The summed E-state index contributed by atoms with van der Waals surface area (Å²) < 4.78 is 2.83. The van der Waals surface area contributed by atoms with Gasteiger partial charge in [0.1, 0.15) is 5.69 Å². The number of primary amides is 1. The van der Waals surface area contributed by atoms with Gasteiger partial charge in [-0.05, 0) is 48.7 Å². The van der Waals surface area contributed by atoms with Crippen LogP contribution < -0.4 is 5.73 Å². The second-order valence-electron chi connectivity index (χ2n) is 5.54. The first-order valence-electron chi connectivity index (χ1n) is 6.86. The molecule has 1 saturated heterocycles. The Bertz CT molecular complexity index is 524. The average molecular weight is 342 g/mol. The molecule has 0 saturated carbocycles. The van der Waals surface area contributed by atoms with Crippen molar-refractivity contribution in [2.45, 2.75) is 32.7 Å². The standard InChI is InChI=1S/C14H20BrN3O2/c1-9(2)18-8-11(15)6-12(18)14(20)17-5-3-4-10(7-17)13(16)19/h6,8-10H,3-5,7H2,1-2H3,(H2,16,19). The lowest BCUT2D eigenvalue weighted by Gasteiger charge is -2.31. The minimum absolute atomic E-state index is 0.0321. The van der Waals surface area contributed by atoms with Gasteiger partial charge in [0.05, 0.1) is 5.92 Å². The molecule has 2 amide bonds. The van der Waals surface area contributed by atoms with Crippen LogP contribution in [0.15, 0.2) is 16.7 Å². The largest absolute Gasteiger partial charge is 0.369 e. The second-order valence-corrected chi connectivity index (χ2v) is 6.45. The van der Waals surface area contributed by atoms with E-state index in [0.29, 0.717) is 18.8 Å². The third kappa shape index (κ3) is 3.06. The maximum Gasteiger partial charge on any atom is 0.270 e. The van der Waals surface area contributed by atoms with E-state index in [4.69, 9.17) is 5.73 Å². The van der Waals surface area contributed by atoms with Crippen LogP contribution in [0.5, 0.6) is 0 Å². The number of nitrogens with zero attached hydrogens (tertiary/aromatic N) is 2. The molecular weight excluding hydrogens is 322 g/mol. The van der Waals surface area contributed by atoms with Crippen LogP contribution in [-0.4, -0.2) is 34.4 Å². The Morgan fingerprint density at radius 1 is 1.45 bits per heavy atom. The summed E-state index contributed by atoms with van der Waals surface area (Å²) in [7, 11) is 0. The molecule has 2 rings (SSSR count). The molecule has 0 radical (unpaired) electrons. The summed E-state index contributed by atoms with van der Waals surface area (Å²) in [6.45, 7) is 5.18. The molecule has 0 aromatic carbocycles. The molecule has 1 aliphatic rings. The molecule has 5 nitrogen and oxygen atoms in total. The van der Waals surface area contributed by atoms with E-state index in [-0.39, 0.29) is 23.8 Å². The van der Waals surface area contributed by atoms with Gasteiger partial charge < -0.3 is 15.2 Å². The van der Waals surface area contributed by atoms with Crippen molar-refractivity contribution in [3.05, 3.63) is 22.4 Å². The van der Waals surface area contributed by atoms with Crippen molar-refractivity contribution in [1.82, 2.24) is 9.47 Å². The van der Waals surface area contributed by atoms with E-state index >= 15 is 0 Å². The zero-order valence-electron chi connectivity index (χ0n) is 11.8. The smallest absolute Gasteiger partial charge is 0.270 e. The van der Waals surface area contributed by atoms with E-state index in [2.05, 4.69) is 15.9 Å². The zero-order chi connectivity index (χ0) is 14.9. The van der Waals surface area contributed by atoms with Crippen LogP contribution >= 0.6 is 15.9 Å². The monoisotopic (exact) mass is 341 g/mol. The summed E-state index contributed by atoms with van der Waals surface area (Å²) in [5, 5.41) is 0. The average Bonchev–Trinajstić information content (AvgIpc) is 2.80. The summed E-state index contributed by atoms with van der Waals surface area (Å²) in [4.78, 5) is 25.7. The van der Waals surface area contributed by atoms with Crippen LogP contribution in [0.25, 0.3) is 0 Å². The maximum atomic E-state index is 12.6. The van der Waals surface area contributed by atoms with E-state index in [1.54, 1.807) is 4.90 Å². The Labute approximate surface area is 127 Å². The van der Waals surface area contributed by atoms with Gasteiger partial charge in [0.25, 0.3) is 5.91 Å². The summed E-state index contributed by atoms with van der Waals surface area (Å²) in [6.07, 6.45) is 3.50. The molecule has 6 heteroatoms. The highest BCUT2D eigenvalue weighted by Crippen LogP contribution is 2.23. The Morgan fingerprint density at radius 2 is 2.15 bits per heavy atom. The molecule has 2 N–H and O–H groups in total. The Morgan fingerprint density at radius 3 is 2.75 bits per heavy atom. The molecule has 1 fully saturated rings. The predicted octanol–water partition coefficient (Wildman–Crippen LogP) is 2.17. The lowest BCUT2D eigenvalue weighted by molar-refractivity contribution is -0.123. The molecule has 0 bridgehead atoms. The Kier molecular flexibility index (Phi) is 4.52. The number of rotatable bonds is 3. The molecule has 0 spiro atoms. The van der Waals surface area contributed by atoms with E-state index in [0.717, 1.165) is 17.3 Å². The molecule has 110 valence electrons. The van der Waals surface area contributed by atoms with Gasteiger partial charge in [0.2, 0.25) is 5.91 Å². The van der Waals surface area contributed by atoms with Gasteiger partial charge in [-0.25, -0.2) is 0 Å². The van der Waals surface area contributed by atoms with Crippen molar-refractivity contribution in [2.75, 3.05) is 13.1 Å². The van der Waals surface area contributed by atoms with E-state index in [9.17, 15) is 9.59 Å². The number of carbonyl (C=O) groups is 2. The molecule has 1 aliphatic heterocycles. The van der Waals surface area contributed by atoms with Crippen molar-refractivity contribution in [1.29, 1.82) is 0 Å². The highest BCUT2D eigenvalue weighted by atomic mass is 79.9.